The molecule has 1 aromatic heterocycles. The fourth-order valence-corrected chi connectivity index (χ4v) is 2.65. The SMILES string of the molecule is CCC(C)n1ccc(CC(NC)C2CCCCO2)n1. The van der Waals surface area contributed by atoms with Crippen LogP contribution in [0.4, 0.5) is 0 Å². The highest BCUT2D eigenvalue weighted by Crippen LogP contribution is 2.18. The lowest BCUT2D eigenvalue weighted by molar-refractivity contribution is -0.00608. The third kappa shape index (κ3) is 3.80. The molecule has 1 N–H and O–H groups in total. The van der Waals surface area contributed by atoms with E-state index in [1.54, 1.807) is 0 Å². The average molecular weight is 265 g/mol. The summed E-state index contributed by atoms with van der Waals surface area (Å²) in [6, 6.07) is 2.99. The average Bonchev–Trinajstić information content (AvgIpc) is 2.93. The van der Waals surface area contributed by atoms with Crippen molar-refractivity contribution in [2.24, 2.45) is 0 Å². The molecule has 4 heteroatoms. The molecule has 0 aliphatic carbocycles. The van der Waals surface area contributed by atoms with Gasteiger partial charge in [-0.3, -0.25) is 4.68 Å². The molecule has 0 amide bonds. The first kappa shape index (κ1) is 14.5. The molecule has 3 atom stereocenters. The predicted molar refractivity (Wildman–Crippen MR) is 77.4 cm³/mol. The van der Waals surface area contributed by atoms with Crippen LogP contribution in [0.2, 0.25) is 0 Å². The third-order valence-electron chi connectivity index (χ3n) is 4.17. The molecule has 4 nitrogen and oxygen atoms in total. The lowest BCUT2D eigenvalue weighted by Crippen LogP contribution is -2.42. The molecule has 19 heavy (non-hydrogen) atoms. The number of rotatable bonds is 6. The number of nitrogens with zero attached hydrogens (tertiary/aromatic N) is 2. The van der Waals surface area contributed by atoms with E-state index in [1.807, 2.05) is 7.05 Å². The molecule has 0 aromatic carbocycles. The van der Waals surface area contributed by atoms with Crippen molar-refractivity contribution >= 4 is 0 Å². The first-order valence-electron chi connectivity index (χ1n) is 7.57. The van der Waals surface area contributed by atoms with Crippen molar-refractivity contribution in [3.8, 4) is 0 Å². The molecule has 1 saturated heterocycles. The van der Waals surface area contributed by atoms with Crippen LogP contribution in [-0.2, 0) is 11.2 Å². The number of nitrogens with one attached hydrogen (secondary N) is 1. The van der Waals surface area contributed by atoms with Gasteiger partial charge in [0.2, 0.25) is 0 Å². The number of hydrogen-bond donors (Lipinski definition) is 1. The van der Waals surface area contributed by atoms with Crippen molar-refractivity contribution in [2.75, 3.05) is 13.7 Å². The van der Waals surface area contributed by atoms with Crippen molar-refractivity contribution in [3.63, 3.8) is 0 Å². The maximum atomic E-state index is 5.88. The van der Waals surface area contributed by atoms with E-state index in [0.717, 1.165) is 31.6 Å². The number of ether oxygens (including phenoxy) is 1. The van der Waals surface area contributed by atoms with Crippen molar-refractivity contribution in [1.82, 2.24) is 15.1 Å². The molecule has 1 aliphatic heterocycles. The van der Waals surface area contributed by atoms with Gasteiger partial charge in [-0.05, 0) is 45.7 Å². The van der Waals surface area contributed by atoms with Crippen LogP contribution < -0.4 is 5.32 Å². The normalized spacial score (nSPS) is 23.2. The van der Waals surface area contributed by atoms with Crippen LogP contribution in [0.5, 0.6) is 0 Å². The number of aromatic nitrogens is 2. The van der Waals surface area contributed by atoms with Crippen LogP contribution in [0.25, 0.3) is 0 Å². The molecule has 0 bridgehead atoms. The molecule has 0 radical (unpaired) electrons. The molecule has 1 fully saturated rings. The van der Waals surface area contributed by atoms with Gasteiger partial charge in [0.15, 0.2) is 0 Å². The summed E-state index contributed by atoms with van der Waals surface area (Å²) in [4.78, 5) is 0. The lowest BCUT2D eigenvalue weighted by Gasteiger charge is -2.29. The first-order chi connectivity index (χ1) is 9.24. The number of likely N-dealkylation sites (N-methyl/N-ethyl adjacent to an activating group) is 1. The molecular formula is C15H27N3O. The molecule has 2 heterocycles. The predicted octanol–water partition coefficient (Wildman–Crippen LogP) is 2.55. The minimum atomic E-state index is 0.340. The summed E-state index contributed by atoms with van der Waals surface area (Å²) in [5, 5.41) is 8.08. The topological polar surface area (TPSA) is 39.1 Å². The second-order valence-corrected chi connectivity index (χ2v) is 5.55. The van der Waals surface area contributed by atoms with Gasteiger partial charge in [-0.25, -0.2) is 0 Å². The van der Waals surface area contributed by atoms with Crippen molar-refractivity contribution in [3.05, 3.63) is 18.0 Å². The zero-order valence-electron chi connectivity index (χ0n) is 12.4. The minimum Gasteiger partial charge on any atom is -0.377 e. The van der Waals surface area contributed by atoms with E-state index in [9.17, 15) is 0 Å². The summed E-state index contributed by atoms with van der Waals surface area (Å²) in [7, 11) is 2.02. The van der Waals surface area contributed by atoms with Crippen LogP contribution in [0, 0.1) is 0 Å². The Hall–Kier alpha value is -0.870. The summed E-state index contributed by atoms with van der Waals surface area (Å²) in [6.45, 7) is 5.30. The van der Waals surface area contributed by atoms with Gasteiger partial charge in [-0.2, -0.15) is 5.10 Å². The Labute approximate surface area is 116 Å². The Kier molecular flexibility index (Phi) is 5.40. The Morgan fingerprint density at radius 2 is 2.37 bits per heavy atom. The van der Waals surface area contributed by atoms with Gasteiger partial charge in [0, 0.05) is 31.3 Å². The summed E-state index contributed by atoms with van der Waals surface area (Å²) >= 11 is 0. The molecule has 108 valence electrons. The van der Waals surface area contributed by atoms with E-state index < -0.39 is 0 Å². The molecular weight excluding hydrogens is 238 g/mol. The van der Waals surface area contributed by atoms with Crippen LogP contribution in [0.3, 0.4) is 0 Å². The monoisotopic (exact) mass is 265 g/mol. The second kappa shape index (κ2) is 7.06. The van der Waals surface area contributed by atoms with Crippen molar-refractivity contribution in [1.29, 1.82) is 0 Å². The minimum absolute atomic E-state index is 0.340. The highest BCUT2D eigenvalue weighted by atomic mass is 16.5. The van der Waals surface area contributed by atoms with E-state index in [0.29, 0.717) is 18.2 Å². The zero-order valence-corrected chi connectivity index (χ0v) is 12.4. The van der Waals surface area contributed by atoms with Gasteiger partial charge >= 0.3 is 0 Å². The Morgan fingerprint density at radius 1 is 1.53 bits per heavy atom. The highest BCUT2D eigenvalue weighted by Gasteiger charge is 2.24. The summed E-state index contributed by atoms with van der Waals surface area (Å²) in [6.07, 6.45) is 8.15. The number of hydrogen-bond acceptors (Lipinski definition) is 3. The Balaban J connectivity index is 1.95. The van der Waals surface area contributed by atoms with E-state index in [4.69, 9.17) is 4.74 Å². The Morgan fingerprint density at radius 3 is 3.00 bits per heavy atom. The molecule has 0 saturated carbocycles. The van der Waals surface area contributed by atoms with Gasteiger partial charge in [-0.1, -0.05) is 6.92 Å². The van der Waals surface area contributed by atoms with Crippen LogP contribution in [0.15, 0.2) is 12.3 Å². The maximum absolute atomic E-state index is 5.88. The van der Waals surface area contributed by atoms with E-state index in [1.165, 1.54) is 12.8 Å². The summed E-state index contributed by atoms with van der Waals surface area (Å²) in [5.74, 6) is 0. The smallest absolute Gasteiger partial charge is 0.0731 e. The molecule has 1 aromatic rings. The van der Waals surface area contributed by atoms with Crippen LogP contribution in [0.1, 0.15) is 51.3 Å². The highest BCUT2D eigenvalue weighted by molar-refractivity contribution is 5.03. The molecule has 3 unspecified atom stereocenters. The third-order valence-corrected chi connectivity index (χ3v) is 4.17. The maximum Gasteiger partial charge on any atom is 0.0731 e. The largest absolute Gasteiger partial charge is 0.377 e. The zero-order chi connectivity index (χ0) is 13.7. The second-order valence-electron chi connectivity index (χ2n) is 5.55. The van der Waals surface area contributed by atoms with Crippen LogP contribution in [-0.4, -0.2) is 35.6 Å². The molecule has 1 aliphatic rings. The molecule has 2 rings (SSSR count). The fourth-order valence-electron chi connectivity index (χ4n) is 2.65. The van der Waals surface area contributed by atoms with Gasteiger partial charge < -0.3 is 10.1 Å². The van der Waals surface area contributed by atoms with Gasteiger partial charge in [-0.15, -0.1) is 0 Å². The van der Waals surface area contributed by atoms with Crippen LogP contribution >= 0.6 is 0 Å². The first-order valence-corrected chi connectivity index (χ1v) is 7.57. The fraction of sp³-hybridized carbons (Fsp3) is 0.800. The van der Waals surface area contributed by atoms with E-state index in [-0.39, 0.29) is 0 Å². The van der Waals surface area contributed by atoms with E-state index in [2.05, 4.69) is 41.2 Å². The standard InChI is InChI=1S/C15H27N3O/c1-4-12(2)18-9-8-13(17-18)11-14(16-3)15-7-5-6-10-19-15/h8-9,12,14-16H,4-7,10-11H2,1-3H3. The summed E-state index contributed by atoms with van der Waals surface area (Å²) < 4.78 is 7.95. The summed E-state index contributed by atoms with van der Waals surface area (Å²) in [5.41, 5.74) is 1.16. The lowest BCUT2D eigenvalue weighted by atomic mass is 9.98. The Bertz CT molecular complexity index is 371. The van der Waals surface area contributed by atoms with Gasteiger partial charge in [0.25, 0.3) is 0 Å². The quantitative estimate of drug-likeness (QED) is 0.859. The van der Waals surface area contributed by atoms with Gasteiger partial charge in [0.1, 0.15) is 0 Å². The van der Waals surface area contributed by atoms with Crippen molar-refractivity contribution in [2.45, 2.75) is 64.1 Å². The molecule has 0 spiro atoms. The van der Waals surface area contributed by atoms with E-state index >= 15 is 0 Å². The van der Waals surface area contributed by atoms with Crippen molar-refractivity contribution < 1.29 is 4.74 Å². The van der Waals surface area contributed by atoms with Gasteiger partial charge in [0.05, 0.1) is 11.8 Å².